The Morgan fingerprint density at radius 2 is 1.95 bits per heavy atom. The van der Waals surface area contributed by atoms with Crippen LogP contribution in [0.1, 0.15) is 17.0 Å². The maximum absolute atomic E-state index is 4.15. The summed E-state index contributed by atoms with van der Waals surface area (Å²) >= 11 is 0. The highest BCUT2D eigenvalue weighted by Crippen LogP contribution is 2.20. The van der Waals surface area contributed by atoms with Crippen molar-refractivity contribution in [2.24, 2.45) is 0 Å². The Morgan fingerprint density at radius 3 is 2.65 bits per heavy atom. The molecule has 0 aromatic carbocycles. The minimum Gasteiger partial charge on any atom is -0.321 e. The monoisotopic (exact) mass is 267 g/mol. The van der Waals surface area contributed by atoms with Crippen LogP contribution in [-0.4, -0.2) is 19.9 Å². The van der Waals surface area contributed by atoms with E-state index >= 15 is 0 Å². The highest BCUT2D eigenvalue weighted by Gasteiger charge is 2.08. The quantitative estimate of drug-likeness (QED) is 0.764. The van der Waals surface area contributed by atoms with Crippen molar-refractivity contribution in [1.82, 2.24) is 19.9 Å². The van der Waals surface area contributed by atoms with Crippen molar-refractivity contribution in [2.75, 3.05) is 5.43 Å². The zero-order chi connectivity index (χ0) is 13.9. The standard InChI is InChI=1S/C15H17N5/c1-11-5-6-12(2)20(11)18-10-14-9-17-19-15(14)13-4-3-7-16-8-13/h3-9,18H,10H2,1-2H3,(H,17,19). The molecule has 0 unspecified atom stereocenters. The van der Waals surface area contributed by atoms with Crippen molar-refractivity contribution < 1.29 is 0 Å². The van der Waals surface area contributed by atoms with Crippen molar-refractivity contribution in [3.8, 4) is 11.3 Å². The molecule has 0 aliphatic heterocycles. The zero-order valence-corrected chi connectivity index (χ0v) is 11.6. The number of aromatic amines is 1. The van der Waals surface area contributed by atoms with E-state index in [4.69, 9.17) is 0 Å². The lowest BCUT2D eigenvalue weighted by Gasteiger charge is -2.12. The number of aryl methyl sites for hydroxylation is 2. The minimum absolute atomic E-state index is 0.705. The third-order valence-electron chi connectivity index (χ3n) is 3.37. The first kappa shape index (κ1) is 12.5. The van der Waals surface area contributed by atoms with Gasteiger partial charge in [0.25, 0.3) is 0 Å². The van der Waals surface area contributed by atoms with Gasteiger partial charge in [0.1, 0.15) is 0 Å². The molecule has 0 bridgehead atoms. The van der Waals surface area contributed by atoms with Crippen LogP contribution in [0.15, 0.2) is 42.9 Å². The van der Waals surface area contributed by atoms with Gasteiger partial charge in [-0.2, -0.15) is 5.10 Å². The highest BCUT2D eigenvalue weighted by atomic mass is 15.4. The SMILES string of the molecule is Cc1ccc(C)n1NCc1cn[nH]c1-c1cccnc1. The first-order chi connectivity index (χ1) is 9.75. The van der Waals surface area contributed by atoms with Crippen LogP contribution < -0.4 is 5.43 Å². The van der Waals surface area contributed by atoms with E-state index in [0.29, 0.717) is 6.54 Å². The van der Waals surface area contributed by atoms with E-state index in [1.807, 2.05) is 24.5 Å². The lowest BCUT2D eigenvalue weighted by atomic mass is 10.1. The second-order valence-corrected chi connectivity index (χ2v) is 4.80. The molecular formula is C15H17N5. The normalized spacial score (nSPS) is 10.7. The number of rotatable bonds is 4. The van der Waals surface area contributed by atoms with Gasteiger partial charge >= 0.3 is 0 Å². The van der Waals surface area contributed by atoms with Crippen LogP contribution in [0.2, 0.25) is 0 Å². The van der Waals surface area contributed by atoms with Crippen LogP contribution in [-0.2, 0) is 6.54 Å². The Bertz CT molecular complexity index is 677. The number of nitrogens with zero attached hydrogens (tertiary/aromatic N) is 3. The summed E-state index contributed by atoms with van der Waals surface area (Å²) in [7, 11) is 0. The average molecular weight is 267 g/mol. The van der Waals surface area contributed by atoms with Gasteiger partial charge in [-0.3, -0.25) is 14.8 Å². The lowest BCUT2D eigenvalue weighted by molar-refractivity contribution is 0.793. The fourth-order valence-corrected chi connectivity index (χ4v) is 2.29. The van der Waals surface area contributed by atoms with E-state index in [9.17, 15) is 0 Å². The molecule has 3 rings (SSSR count). The number of pyridine rings is 1. The van der Waals surface area contributed by atoms with Crippen LogP contribution in [0.25, 0.3) is 11.3 Å². The molecule has 0 fully saturated rings. The fraction of sp³-hybridized carbons (Fsp3) is 0.200. The van der Waals surface area contributed by atoms with Crippen LogP contribution in [0.3, 0.4) is 0 Å². The molecule has 0 spiro atoms. The summed E-state index contributed by atoms with van der Waals surface area (Å²) in [6.45, 7) is 4.87. The summed E-state index contributed by atoms with van der Waals surface area (Å²) in [5.74, 6) is 0. The molecule has 0 saturated heterocycles. The van der Waals surface area contributed by atoms with Gasteiger partial charge in [0.15, 0.2) is 0 Å². The van der Waals surface area contributed by atoms with Crippen LogP contribution in [0.5, 0.6) is 0 Å². The molecule has 3 heterocycles. The van der Waals surface area contributed by atoms with Gasteiger partial charge in [-0.1, -0.05) is 0 Å². The van der Waals surface area contributed by atoms with Crippen molar-refractivity contribution in [3.05, 3.63) is 59.8 Å². The van der Waals surface area contributed by atoms with Crippen molar-refractivity contribution in [3.63, 3.8) is 0 Å². The second kappa shape index (κ2) is 5.21. The summed E-state index contributed by atoms with van der Waals surface area (Å²) in [5, 5.41) is 7.18. The van der Waals surface area contributed by atoms with Crippen LogP contribution in [0.4, 0.5) is 0 Å². The van der Waals surface area contributed by atoms with Gasteiger partial charge in [-0.05, 0) is 38.1 Å². The molecule has 102 valence electrons. The summed E-state index contributed by atoms with van der Waals surface area (Å²) in [6, 6.07) is 8.14. The van der Waals surface area contributed by atoms with Gasteiger partial charge in [0.05, 0.1) is 18.4 Å². The molecule has 0 amide bonds. The lowest BCUT2D eigenvalue weighted by Crippen LogP contribution is -2.17. The Hall–Kier alpha value is -2.56. The predicted molar refractivity (Wildman–Crippen MR) is 78.8 cm³/mol. The largest absolute Gasteiger partial charge is 0.321 e. The number of hydrogen-bond acceptors (Lipinski definition) is 3. The molecule has 0 saturated carbocycles. The molecule has 0 atom stereocenters. The topological polar surface area (TPSA) is 58.5 Å². The maximum atomic E-state index is 4.15. The highest BCUT2D eigenvalue weighted by molar-refractivity contribution is 5.61. The Kier molecular flexibility index (Phi) is 3.25. The Balaban J connectivity index is 1.81. The molecule has 0 radical (unpaired) electrons. The predicted octanol–water partition coefficient (Wildman–Crippen LogP) is 2.63. The molecule has 5 heteroatoms. The Labute approximate surface area is 117 Å². The van der Waals surface area contributed by atoms with Crippen molar-refractivity contribution in [1.29, 1.82) is 0 Å². The summed E-state index contributed by atoms with van der Waals surface area (Å²) in [5.41, 5.74) is 8.96. The first-order valence-corrected chi connectivity index (χ1v) is 6.57. The summed E-state index contributed by atoms with van der Waals surface area (Å²) < 4.78 is 2.08. The van der Waals surface area contributed by atoms with Gasteiger partial charge in [0.2, 0.25) is 0 Å². The van der Waals surface area contributed by atoms with Gasteiger partial charge in [0, 0.05) is 34.9 Å². The molecule has 3 aromatic rings. The van der Waals surface area contributed by atoms with Crippen LogP contribution >= 0.6 is 0 Å². The van der Waals surface area contributed by atoms with Crippen LogP contribution in [0, 0.1) is 13.8 Å². The molecular weight excluding hydrogens is 250 g/mol. The first-order valence-electron chi connectivity index (χ1n) is 6.57. The van der Waals surface area contributed by atoms with Gasteiger partial charge < -0.3 is 5.43 Å². The third kappa shape index (κ3) is 2.30. The van der Waals surface area contributed by atoms with Crippen molar-refractivity contribution >= 4 is 0 Å². The zero-order valence-electron chi connectivity index (χ0n) is 11.6. The molecule has 2 N–H and O–H groups in total. The average Bonchev–Trinajstić information content (AvgIpc) is 3.06. The van der Waals surface area contributed by atoms with Crippen molar-refractivity contribution in [2.45, 2.75) is 20.4 Å². The minimum atomic E-state index is 0.705. The number of aromatic nitrogens is 4. The second-order valence-electron chi connectivity index (χ2n) is 4.80. The van der Waals surface area contributed by atoms with E-state index < -0.39 is 0 Å². The maximum Gasteiger partial charge on any atom is 0.0716 e. The number of nitrogens with one attached hydrogen (secondary N) is 2. The smallest absolute Gasteiger partial charge is 0.0716 e. The van der Waals surface area contributed by atoms with E-state index in [2.05, 4.69) is 51.3 Å². The molecule has 0 aliphatic rings. The fourth-order valence-electron chi connectivity index (χ4n) is 2.29. The van der Waals surface area contributed by atoms with Gasteiger partial charge in [-0.25, -0.2) is 0 Å². The van der Waals surface area contributed by atoms with E-state index in [0.717, 1.165) is 16.8 Å². The number of hydrogen-bond donors (Lipinski definition) is 2. The third-order valence-corrected chi connectivity index (χ3v) is 3.37. The molecule has 5 nitrogen and oxygen atoms in total. The summed E-state index contributed by atoms with van der Waals surface area (Å²) in [4.78, 5) is 4.15. The molecule has 0 aliphatic carbocycles. The molecule has 20 heavy (non-hydrogen) atoms. The van der Waals surface area contributed by atoms with E-state index in [-0.39, 0.29) is 0 Å². The molecule has 3 aromatic heterocycles. The Morgan fingerprint density at radius 1 is 1.15 bits per heavy atom. The number of H-pyrrole nitrogens is 1. The van der Waals surface area contributed by atoms with E-state index in [1.54, 1.807) is 6.20 Å². The summed E-state index contributed by atoms with van der Waals surface area (Å²) in [6.07, 6.45) is 5.46. The van der Waals surface area contributed by atoms with Gasteiger partial charge in [-0.15, -0.1) is 0 Å². The van der Waals surface area contributed by atoms with E-state index in [1.165, 1.54) is 11.4 Å².